The molecule has 1 aromatic carbocycles. The van der Waals surface area contributed by atoms with E-state index in [0.29, 0.717) is 30.5 Å². The highest BCUT2D eigenvalue weighted by Gasteiger charge is 2.33. The summed E-state index contributed by atoms with van der Waals surface area (Å²) in [5, 5.41) is 3.09. The fourth-order valence-corrected chi connectivity index (χ4v) is 4.81. The van der Waals surface area contributed by atoms with Crippen molar-refractivity contribution in [3.05, 3.63) is 35.4 Å². The van der Waals surface area contributed by atoms with E-state index in [1.54, 1.807) is 12.1 Å². The molecule has 0 unspecified atom stereocenters. The van der Waals surface area contributed by atoms with Gasteiger partial charge in [0.15, 0.2) is 0 Å². The lowest BCUT2D eigenvalue weighted by molar-refractivity contribution is -0.138. The molecule has 1 N–H and O–H groups in total. The Morgan fingerprint density at radius 2 is 1.87 bits per heavy atom. The molecule has 2 heterocycles. The van der Waals surface area contributed by atoms with E-state index in [0.717, 1.165) is 64.5 Å². The van der Waals surface area contributed by atoms with Crippen molar-refractivity contribution in [1.29, 1.82) is 0 Å². The van der Waals surface area contributed by atoms with Crippen LogP contribution in [0.5, 0.6) is 0 Å². The smallest absolute Gasteiger partial charge is 0.355 e. The summed E-state index contributed by atoms with van der Waals surface area (Å²) in [5.41, 5.74) is -0.191. The number of piperidine rings is 1. The van der Waals surface area contributed by atoms with Crippen LogP contribution >= 0.6 is 0 Å². The van der Waals surface area contributed by atoms with Gasteiger partial charge in [0, 0.05) is 25.6 Å². The Morgan fingerprint density at radius 1 is 1.13 bits per heavy atom. The van der Waals surface area contributed by atoms with Crippen molar-refractivity contribution in [3.63, 3.8) is 0 Å². The molecule has 2 aliphatic heterocycles. The molecule has 0 aliphatic carbocycles. The Balaban J connectivity index is 1.36. The molecule has 1 atom stereocenters. The second-order valence-corrected chi connectivity index (χ2v) is 8.64. The van der Waals surface area contributed by atoms with Gasteiger partial charge in [-0.1, -0.05) is 25.1 Å². The van der Waals surface area contributed by atoms with Gasteiger partial charge in [-0.25, -0.2) is 0 Å². The van der Waals surface area contributed by atoms with Crippen molar-refractivity contribution in [2.24, 2.45) is 5.92 Å². The molecule has 0 saturated carbocycles. The highest BCUT2D eigenvalue weighted by atomic mass is 19.4. The molecule has 1 amide bonds. The zero-order chi connectivity index (χ0) is 21.6. The lowest BCUT2D eigenvalue weighted by atomic mass is 9.91. The lowest BCUT2D eigenvalue weighted by Gasteiger charge is -2.32. The summed E-state index contributed by atoms with van der Waals surface area (Å²) in [4.78, 5) is 16.7. The second kappa shape index (κ2) is 10.6. The minimum Gasteiger partial charge on any atom is -0.355 e. The number of alkyl halides is 3. The number of hydrogen-bond acceptors (Lipinski definition) is 3. The molecule has 2 aliphatic rings. The minimum absolute atomic E-state index is 0.125. The lowest BCUT2D eigenvalue weighted by Crippen LogP contribution is -2.40. The van der Waals surface area contributed by atoms with Crippen LogP contribution in [0.3, 0.4) is 0 Å². The van der Waals surface area contributed by atoms with Crippen LogP contribution in [0.25, 0.3) is 0 Å². The fourth-order valence-electron chi connectivity index (χ4n) is 4.81. The van der Waals surface area contributed by atoms with E-state index in [4.69, 9.17) is 0 Å². The summed E-state index contributed by atoms with van der Waals surface area (Å²) in [5.74, 6) is 0.600. The number of likely N-dealkylation sites (N-methyl/N-ethyl adjacent to an activating group) is 1. The molecule has 168 valence electrons. The number of amides is 1. The number of likely N-dealkylation sites (tertiary alicyclic amines) is 2. The molecular weight excluding hydrogens is 391 g/mol. The summed E-state index contributed by atoms with van der Waals surface area (Å²) in [6.45, 7) is 6.96. The number of carbonyl (C=O) groups excluding carboxylic acids is 1. The van der Waals surface area contributed by atoms with Crippen LogP contribution in [0.2, 0.25) is 0 Å². The molecule has 0 aromatic heterocycles. The fraction of sp³-hybridized carbons (Fsp3) is 0.696. The third-order valence-corrected chi connectivity index (χ3v) is 6.64. The summed E-state index contributed by atoms with van der Waals surface area (Å²) >= 11 is 0. The first-order chi connectivity index (χ1) is 14.4. The van der Waals surface area contributed by atoms with Gasteiger partial charge >= 0.3 is 6.18 Å². The monoisotopic (exact) mass is 425 g/mol. The Hall–Kier alpha value is -1.60. The van der Waals surface area contributed by atoms with E-state index in [1.807, 2.05) is 0 Å². The van der Waals surface area contributed by atoms with Crippen molar-refractivity contribution in [2.45, 2.75) is 64.2 Å². The van der Waals surface area contributed by atoms with Gasteiger partial charge in [-0.3, -0.25) is 14.6 Å². The molecule has 1 aromatic rings. The zero-order valence-corrected chi connectivity index (χ0v) is 17.9. The molecule has 4 nitrogen and oxygen atoms in total. The van der Waals surface area contributed by atoms with Crippen LogP contribution in [0, 0.1) is 5.92 Å². The van der Waals surface area contributed by atoms with E-state index in [2.05, 4.69) is 22.0 Å². The van der Waals surface area contributed by atoms with Gasteiger partial charge in [0.2, 0.25) is 5.91 Å². The number of halogens is 3. The van der Waals surface area contributed by atoms with Gasteiger partial charge in [-0.15, -0.1) is 0 Å². The molecule has 2 fully saturated rings. The number of rotatable bonds is 8. The Morgan fingerprint density at radius 3 is 2.57 bits per heavy atom. The normalized spacial score (nSPS) is 21.8. The maximum absolute atomic E-state index is 13.2. The van der Waals surface area contributed by atoms with Crippen molar-refractivity contribution in [2.75, 3.05) is 32.7 Å². The summed E-state index contributed by atoms with van der Waals surface area (Å²) in [6, 6.07) is 6.31. The summed E-state index contributed by atoms with van der Waals surface area (Å²) in [7, 11) is 0. The summed E-state index contributed by atoms with van der Waals surface area (Å²) in [6.07, 6.45) is 1.34. The van der Waals surface area contributed by atoms with Crippen LogP contribution in [0.4, 0.5) is 13.2 Å². The molecule has 2 saturated heterocycles. The summed E-state index contributed by atoms with van der Waals surface area (Å²) < 4.78 is 39.6. The quantitative estimate of drug-likeness (QED) is 0.675. The highest BCUT2D eigenvalue weighted by molar-refractivity contribution is 5.75. The van der Waals surface area contributed by atoms with E-state index in [9.17, 15) is 18.0 Å². The van der Waals surface area contributed by atoms with Gasteiger partial charge in [-0.2, -0.15) is 13.2 Å². The van der Waals surface area contributed by atoms with Gasteiger partial charge in [0.25, 0.3) is 0 Å². The van der Waals surface area contributed by atoms with Crippen molar-refractivity contribution < 1.29 is 18.0 Å². The van der Waals surface area contributed by atoms with Crippen LogP contribution in [-0.2, 0) is 17.5 Å². The second-order valence-electron chi connectivity index (χ2n) is 8.64. The number of benzene rings is 1. The van der Waals surface area contributed by atoms with Crippen molar-refractivity contribution in [1.82, 2.24) is 15.1 Å². The molecule has 0 spiro atoms. The Kier molecular flexibility index (Phi) is 8.17. The van der Waals surface area contributed by atoms with Gasteiger partial charge < -0.3 is 5.32 Å². The van der Waals surface area contributed by atoms with Gasteiger partial charge in [0.1, 0.15) is 0 Å². The molecule has 0 bridgehead atoms. The SMILES string of the molecule is CCN1CCC[C@@H]1CNC(=O)CCC1CCN(Cc2ccccc2C(F)(F)F)CC1. The topological polar surface area (TPSA) is 35.6 Å². The molecule has 3 rings (SSSR count). The van der Waals surface area contributed by atoms with E-state index < -0.39 is 11.7 Å². The maximum atomic E-state index is 13.2. The minimum atomic E-state index is -4.31. The molecule has 7 heteroatoms. The average Bonchev–Trinajstić information content (AvgIpc) is 3.19. The largest absolute Gasteiger partial charge is 0.416 e. The van der Waals surface area contributed by atoms with Crippen LogP contribution in [0.1, 0.15) is 56.6 Å². The predicted octanol–water partition coefficient (Wildman–Crippen LogP) is 4.30. The first kappa shape index (κ1) is 23.1. The van der Waals surface area contributed by atoms with Crippen LogP contribution in [-0.4, -0.2) is 54.5 Å². The number of nitrogens with zero attached hydrogens (tertiary/aromatic N) is 2. The van der Waals surface area contributed by atoms with E-state index in [1.165, 1.54) is 12.5 Å². The van der Waals surface area contributed by atoms with Gasteiger partial charge in [-0.05, 0) is 75.8 Å². The number of hydrogen-bond donors (Lipinski definition) is 1. The predicted molar refractivity (Wildman–Crippen MR) is 112 cm³/mol. The Labute approximate surface area is 177 Å². The average molecular weight is 426 g/mol. The van der Waals surface area contributed by atoms with E-state index >= 15 is 0 Å². The van der Waals surface area contributed by atoms with Crippen LogP contribution in [0.15, 0.2) is 24.3 Å². The van der Waals surface area contributed by atoms with Crippen LogP contribution < -0.4 is 5.32 Å². The maximum Gasteiger partial charge on any atom is 0.416 e. The third-order valence-electron chi connectivity index (χ3n) is 6.64. The molecule has 0 radical (unpaired) electrons. The number of nitrogens with one attached hydrogen (secondary N) is 1. The van der Waals surface area contributed by atoms with Crippen molar-refractivity contribution >= 4 is 5.91 Å². The van der Waals surface area contributed by atoms with Crippen molar-refractivity contribution in [3.8, 4) is 0 Å². The highest BCUT2D eigenvalue weighted by Crippen LogP contribution is 2.33. The first-order valence-electron chi connectivity index (χ1n) is 11.2. The Bertz CT molecular complexity index is 687. The molecular formula is C23H34F3N3O. The van der Waals surface area contributed by atoms with E-state index in [-0.39, 0.29) is 5.91 Å². The first-order valence-corrected chi connectivity index (χ1v) is 11.2. The standard InChI is InChI=1S/C23H34F3N3O/c1-2-29-13-5-7-20(29)16-27-22(30)10-9-18-11-14-28(15-12-18)17-19-6-3-4-8-21(19)23(24,25)26/h3-4,6,8,18,20H,2,5,7,9-17H2,1H3,(H,27,30)/t20-/m1/s1. The third kappa shape index (κ3) is 6.45. The van der Waals surface area contributed by atoms with Gasteiger partial charge in [0.05, 0.1) is 5.56 Å². The zero-order valence-electron chi connectivity index (χ0n) is 17.9. The number of carbonyl (C=O) groups is 1. The molecule has 30 heavy (non-hydrogen) atoms.